The average molecular weight is 125 g/mol. The van der Waals surface area contributed by atoms with Gasteiger partial charge in [0.05, 0.1) is 0 Å². The highest BCUT2D eigenvalue weighted by atomic mass is 16.1. The predicted molar refractivity (Wildman–Crippen MR) is 34.7 cm³/mol. The number of hydrogen-bond donors (Lipinski definition) is 0. The van der Waals surface area contributed by atoms with Crippen LogP contribution in [0, 0.1) is 17.2 Å². The molecule has 0 N–H and O–H groups in total. The smallest absolute Gasteiger partial charge is 0.234 e. The van der Waals surface area contributed by atoms with Crippen molar-refractivity contribution in [2.45, 2.75) is 26.7 Å². The lowest BCUT2D eigenvalue weighted by molar-refractivity contribution is -0.117. The van der Waals surface area contributed by atoms with E-state index in [1.54, 1.807) is 13.0 Å². The molecule has 0 aromatic rings. The van der Waals surface area contributed by atoms with Crippen molar-refractivity contribution < 1.29 is 4.79 Å². The highest BCUT2D eigenvalue weighted by Gasteiger charge is 2.08. The Morgan fingerprint density at radius 1 is 1.78 bits per heavy atom. The molecule has 0 bridgehead atoms. The molecule has 0 amide bonds. The molecule has 2 heteroatoms. The molecule has 0 fully saturated rings. The Morgan fingerprint density at radius 3 is 2.67 bits per heavy atom. The maximum absolute atomic E-state index is 10.5. The van der Waals surface area contributed by atoms with Crippen molar-refractivity contribution >= 4 is 5.78 Å². The fraction of sp³-hybridized carbons (Fsp3) is 0.714. The van der Waals surface area contributed by atoms with Crippen molar-refractivity contribution in [3.8, 4) is 6.07 Å². The van der Waals surface area contributed by atoms with Gasteiger partial charge in [0, 0.05) is 5.92 Å². The number of carbonyl (C=O) groups is 1. The third-order valence-electron chi connectivity index (χ3n) is 1.28. The first kappa shape index (κ1) is 8.16. The van der Waals surface area contributed by atoms with Crippen molar-refractivity contribution in [1.82, 2.24) is 0 Å². The molecule has 2 nitrogen and oxygen atoms in total. The van der Waals surface area contributed by atoms with Gasteiger partial charge in [0.1, 0.15) is 6.07 Å². The number of hydrogen-bond acceptors (Lipinski definition) is 2. The quantitative estimate of drug-likeness (QED) is 0.536. The van der Waals surface area contributed by atoms with E-state index in [4.69, 9.17) is 5.26 Å². The van der Waals surface area contributed by atoms with Crippen LogP contribution in [0.25, 0.3) is 0 Å². The van der Waals surface area contributed by atoms with Crippen LogP contribution in [-0.4, -0.2) is 5.78 Å². The molecule has 0 aromatic heterocycles. The topological polar surface area (TPSA) is 40.9 Å². The Kier molecular flexibility index (Phi) is 3.70. The van der Waals surface area contributed by atoms with Gasteiger partial charge in [-0.1, -0.05) is 20.3 Å². The van der Waals surface area contributed by atoms with Crippen molar-refractivity contribution in [3.63, 3.8) is 0 Å². The van der Waals surface area contributed by atoms with Gasteiger partial charge in [-0.05, 0) is 6.42 Å². The summed E-state index contributed by atoms with van der Waals surface area (Å²) in [6, 6.07) is 1.61. The third-order valence-corrected chi connectivity index (χ3v) is 1.28. The van der Waals surface area contributed by atoms with Crippen LogP contribution in [0.5, 0.6) is 0 Å². The lowest BCUT2D eigenvalue weighted by Crippen LogP contribution is -2.06. The summed E-state index contributed by atoms with van der Waals surface area (Å²) in [4.78, 5) is 10.5. The molecule has 1 unspecified atom stereocenters. The zero-order valence-electron chi connectivity index (χ0n) is 5.85. The minimum absolute atomic E-state index is 0.0694. The first-order chi connectivity index (χ1) is 4.22. The maximum atomic E-state index is 10.5. The van der Waals surface area contributed by atoms with E-state index in [1.165, 1.54) is 0 Å². The van der Waals surface area contributed by atoms with Crippen molar-refractivity contribution in [2.75, 3.05) is 0 Å². The van der Waals surface area contributed by atoms with Crippen LogP contribution in [0.15, 0.2) is 0 Å². The first-order valence-corrected chi connectivity index (χ1v) is 3.16. The molecule has 0 aliphatic rings. The van der Waals surface area contributed by atoms with Gasteiger partial charge < -0.3 is 0 Å². The van der Waals surface area contributed by atoms with Crippen LogP contribution in [-0.2, 0) is 4.79 Å². The second-order valence-corrected chi connectivity index (χ2v) is 2.17. The molecule has 0 saturated carbocycles. The van der Waals surface area contributed by atoms with Crippen LogP contribution in [0.1, 0.15) is 26.7 Å². The van der Waals surface area contributed by atoms with E-state index in [9.17, 15) is 4.79 Å². The van der Waals surface area contributed by atoms with Gasteiger partial charge in [-0.15, -0.1) is 0 Å². The van der Waals surface area contributed by atoms with Gasteiger partial charge in [0.15, 0.2) is 0 Å². The highest BCUT2D eigenvalue weighted by Crippen LogP contribution is 2.04. The normalized spacial score (nSPS) is 12.1. The van der Waals surface area contributed by atoms with Gasteiger partial charge in [-0.2, -0.15) is 5.26 Å². The summed E-state index contributed by atoms with van der Waals surface area (Å²) < 4.78 is 0. The number of Topliss-reactive ketones (excluding diaryl/α,β-unsaturated/α-hetero) is 1. The first-order valence-electron chi connectivity index (χ1n) is 3.16. The summed E-state index contributed by atoms with van der Waals surface area (Å²) >= 11 is 0. The molecule has 0 saturated heterocycles. The van der Waals surface area contributed by atoms with E-state index >= 15 is 0 Å². The SMILES string of the molecule is CCCC(C)C(=O)C#N. The molecule has 0 rings (SSSR count). The lowest BCUT2D eigenvalue weighted by Gasteiger charge is -1.99. The molecule has 0 heterocycles. The zero-order chi connectivity index (χ0) is 7.28. The van der Waals surface area contributed by atoms with E-state index in [2.05, 4.69) is 0 Å². The predicted octanol–water partition coefficient (Wildman–Crippen LogP) is 1.52. The summed E-state index contributed by atoms with van der Waals surface area (Å²) in [5, 5.41) is 8.13. The highest BCUT2D eigenvalue weighted by molar-refractivity contribution is 5.94. The Hall–Kier alpha value is -0.840. The van der Waals surface area contributed by atoms with Gasteiger partial charge in [-0.25, -0.2) is 0 Å². The largest absolute Gasteiger partial charge is 0.282 e. The number of rotatable bonds is 3. The summed E-state index contributed by atoms with van der Waals surface area (Å²) in [6.07, 6.45) is 1.79. The maximum Gasteiger partial charge on any atom is 0.234 e. The fourth-order valence-electron chi connectivity index (χ4n) is 0.674. The summed E-state index contributed by atoms with van der Waals surface area (Å²) in [7, 11) is 0. The van der Waals surface area contributed by atoms with E-state index in [0.29, 0.717) is 0 Å². The van der Waals surface area contributed by atoms with Crippen molar-refractivity contribution in [2.24, 2.45) is 5.92 Å². The van der Waals surface area contributed by atoms with E-state index in [0.717, 1.165) is 12.8 Å². The van der Waals surface area contributed by atoms with Gasteiger partial charge >= 0.3 is 0 Å². The second kappa shape index (κ2) is 4.08. The van der Waals surface area contributed by atoms with Crippen molar-refractivity contribution in [3.05, 3.63) is 0 Å². The van der Waals surface area contributed by atoms with Gasteiger partial charge in [0.25, 0.3) is 0 Å². The number of ketones is 1. The number of nitrogens with zero attached hydrogens (tertiary/aromatic N) is 1. The zero-order valence-corrected chi connectivity index (χ0v) is 5.85. The number of nitriles is 1. The van der Waals surface area contributed by atoms with Crippen LogP contribution >= 0.6 is 0 Å². The molecule has 50 valence electrons. The monoisotopic (exact) mass is 125 g/mol. The molecule has 0 spiro atoms. The Bertz CT molecular complexity index is 134. The molecular weight excluding hydrogens is 114 g/mol. The van der Waals surface area contributed by atoms with Crippen LogP contribution in [0.4, 0.5) is 0 Å². The molecule has 9 heavy (non-hydrogen) atoms. The van der Waals surface area contributed by atoms with Gasteiger partial charge in [0.2, 0.25) is 5.78 Å². The van der Waals surface area contributed by atoms with Crippen LogP contribution in [0.3, 0.4) is 0 Å². The molecule has 0 aliphatic heterocycles. The minimum atomic E-state index is -0.295. The van der Waals surface area contributed by atoms with Crippen LogP contribution < -0.4 is 0 Å². The van der Waals surface area contributed by atoms with E-state index in [1.807, 2.05) is 6.92 Å². The standard InChI is InChI=1S/C7H11NO/c1-3-4-6(2)7(9)5-8/h6H,3-4H2,1-2H3. The van der Waals surface area contributed by atoms with E-state index in [-0.39, 0.29) is 11.7 Å². The molecule has 0 radical (unpaired) electrons. The minimum Gasteiger partial charge on any atom is -0.282 e. The summed E-state index contributed by atoms with van der Waals surface area (Å²) in [5.41, 5.74) is 0. The molecule has 0 aromatic carbocycles. The van der Waals surface area contributed by atoms with Gasteiger partial charge in [-0.3, -0.25) is 4.79 Å². The Labute approximate surface area is 55.5 Å². The third kappa shape index (κ3) is 2.86. The molecule has 1 atom stereocenters. The summed E-state index contributed by atoms with van der Waals surface area (Å²) in [6.45, 7) is 3.79. The lowest BCUT2D eigenvalue weighted by atomic mass is 10.0. The molecule has 0 aliphatic carbocycles. The Morgan fingerprint density at radius 2 is 2.33 bits per heavy atom. The van der Waals surface area contributed by atoms with Crippen molar-refractivity contribution in [1.29, 1.82) is 5.26 Å². The number of carbonyl (C=O) groups excluding carboxylic acids is 1. The molecular formula is C7H11NO. The van der Waals surface area contributed by atoms with Crippen LogP contribution in [0.2, 0.25) is 0 Å². The fourth-order valence-corrected chi connectivity index (χ4v) is 0.674. The summed E-state index contributed by atoms with van der Waals surface area (Å²) in [5.74, 6) is -0.364. The average Bonchev–Trinajstić information content (AvgIpc) is 1.87. The Balaban J connectivity index is 3.62. The second-order valence-electron chi connectivity index (χ2n) is 2.17. The van der Waals surface area contributed by atoms with E-state index < -0.39 is 0 Å².